The first-order valence-corrected chi connectivity index (χ1v) is 16.3. The SMILES string of the molecule is CN(C1CCCC[C@@H]1N1C(=O)c2ccccc2[C@@H](C(=O)NOCc2ccccn2)[C@@H]1c1ccc(Cl)cc1Cl)S(C)(=O)=O. The van der Waals surface area contributed by atoms with Crippen LogP contribution in [-0.4, -0.2) is 59.8 Å². The fourth-order valence-electron chi connectivity index (χ4n) is 6.09. The van der Waals surface area contributed by atoms with Gasteiger partial charge in [-0.2, -0.15) is 0 Å². The molecule has 1 aliphatic carbocycles. The van der Waals surface area contributed by atoms with E-state index in [1.54, 1.807) is 72.7 Å². The zero-order chi connectivity index (χ0) is 30.0. The Morgan fingerprint density at radius 3 is 2.52 bits per heavy atom. The van der Waals surface area contributed by atoms with Crippen molar-refractivity contribution < 1.29 is 22.8 Å². The van der Waals surface area contributed by atoms with Crippen LogP contribution in [0.15, 0.2) is 66.9 Å². The number of carbonyl (C=O) groups excluding carboxylic acids is 2. The van der Waals surface area contributed by atoms with Crippen LogP contribution < -0.4 is 5.48 Å². The topological polar surface area (TPSA) is 109 Å². The van der Waals surface area contributed by atoms with Gasteiger partial charge in [0.05, 0.1) is 23.9 Å². The van der Waals surface area contributed by atoms with Gasteiger partial charge >= 0.3 is 0 Å². The molecule has 9 nitrogen and oxygen atoms in total. The molecule has 3 aromatic rings. The lowest BCUT2D eigenvalue weighted by Gasteiger charge is -2.50. The average molecular weight is 632 g/mol. The summed E-state index contributed by atoms with van der Waals surface area (Å²) in [7, 11) is -2.03. The molecule has 5 rings (SSSR count). The first-order chi connectivity index (χ1) is 20.1. The lowest BCUT2D eigenvalue weighted by molar-refractivity contribution is -0.138. The number of nitrogens with one attached hydrogen (secondary N) is 1. The Labute approximate surface area is 255 Å². The quantitative estimate of drug-likeness (QED) is 0.346. The second-order valence-corrected chi connectivity index (χ2v) is 13.5. The number of nitrogens with zero attached hydrogens (tertiary/aromatic N) is 3. The summed E-state index contributed by atoms with van der Waals surface area (Å²) in [5.74, 6) is -1.69. The number of amides is 2. The van der Waals surface area contributed by atoms with Gasteiger partial charge in [-0.3, -0.25) is 19.4 Å². The number of fused-ring (bicyclic) bond motifs is 1. The predicted molar refractivity (Wildman–Crippen MR) is 160 cm³/mol. The van der Waals surface area contributed by atoms with Crippen LogP contribution in [0.25, 0.3) is 0 Å². The molecule has 1 unspecified atom stereocenters. The Kier molecular flexibility index (Phi) is 9.20. The van der Waals surface area contributed by atoms with Crippen molar-refractivity contribution >= 4 is 45.0 Å². The average Bonchev–Trinajstić information content (AvgIpc) is 2.97. The molecule has 42 heavy (non-hydrogen) atoms. The van der Waals surface area contributed by atoms with Crippen LogP contribution in [-0.2, 0) is 26.3 Å². The Balaban J connectivity index is 1.62. The van der Waals surface area contributed by atoms with Gasteiger partial charge in [0.2, 0.25) is 10.0 Å². The summed E-state index contributed by atoms with van der Waals surface area (Å²) in [6.45, 7) is 0.0415. The van der Waals surface area contributed by atoms with Gasteiger partial charge in [-0.1, -0.05) is 66.4 Å². The highest BCUT2D eigenvalue weighted by Crippen LogP contribution is 2.48. The van der Waals surface area contributed by atoms with E-state index in [1.807, 2.05) is 6.07 Å². The first-order valence-electron chi connectivity index (χ1n) is 13.7. The van der Waals surface area contributed by atoms with Gasteiger partial charge in [-0.15, -0.1) is 0 Å². The summed E-state index contributed by atoms with van der Waals surface area (Å²) in [5.41, 5.74) is 4.63. The third-order valence-corrected chi connectivity index (χ3v) is 9.98. The largest absolute Gasteiger partial charge is 0.326 e. The van der Waals surface area contributed by atoms with Crippen molar-refractivity contribution in [3.63, 3.8) is 0 Å². The molecule has 4 atom stereocenters. The van der Waals surface area contributed by atoms with Crippen LogP contribution in [0.3, 0.4) is 0 Å². The number of sulfonamides is 1. The molecule has 2 aliphatic rings. The number of benzene rings is 2. The van der Waals surface area contributed by atoms with Crippen LogP contribution in [0.2, 0.25) is 10.0 Å². The van der Waals surface area contributed by atoms with Crippen LogP contribution in [0.5, 0.6) is 0 Å². The zero-order valence-corrected chi connectivity index (χ0v) is 25.6. The van der Waals surface area contributed by atoms with Gasteiger partial charge in [-0.25, -0.2) is 18.2 Å². The van der Waals surface area contributed by atoms with Crippen LogP contribution in [0.4, 0.5) is 0 Å². The van der Waals surface area contributed by atoms with Gasteiger partial charge in [0.1, 0.15) is 6.61 Å². The summed E-state index contributed by atoms with van der Waals surface area (Å²) < 4.78 is 26.7. The summed E-state index contributed by atoms with van der Waals surface area (Å²) in [4.78, 5) is 39.9. The summed E-state index contributed by atoms with van der Waals surface area (Å²) >= 11 is 13.0. The van der Waals surface area contributed by atoms with E-state index in [0.29, 0.717) is 45.3 Å². The minimum atomic E-state index is -3.57. The van der Waals surface area contributed by atoms with Crippen molar-refractivity contribution in [2.24, 2.45) is 0 Å². The molecule has 1 N–H and O–H groups in total. The van der Waals surface area contributed by atoms with Crippen molar-refractivity contribution in [3.05, 3.63) is 99.3 Å². The maximum absolute atomic E-state index is 14.4. The molecular weight excluding hydrogens is 599 g/mol. The van der Waals surface area contributed by atoms with Crippen molar-refractivity contribution in [1.29, 1.82) is 0 Å². The number of aromatic nitrogens is 1. The molecule has 0 bridgehead atoms. The Morgan fingerprint density at radius 2 is 1.81 bits per heavy atom. The van der Waals surface area contributed by atoms with Crippen molar-refractivity contribution in [3.8, 4) is 0 Å². The van der Waals surface area contributed by atoms with Crippen LogP contribution >= 0.6 is 23.2 Å². The summed E-state index contributed by atoms with van der Waals surface area (Å²) in [6, 6.07) is 15.5. The Morgan fingerprint density at radius 1 is 1.07 bits per heavy atom. The molecule has 1 aliphatic heterocycles. The highest BCUT2D eigenvalue weighted by atomic mass is 35.5. The molecule has 1 saturated carbocycles. The smallest absolute Gasteiger partial charge is 0.255 e. The third kappa shape index (κ3) is 6.18. The highest BCUT2D eigenvalue weighted by molar-refractivity contribution is 7.88. The van der Waals surface area contributed by atoms with Gasteiger partial charge < -0.3 is 4.90 Å². The molecule has 2 heterocycles. The molecule has 1 aromatic heterocycles. The van der Waals surface area contributed by atoms with Gasteiger partial charge in [0.15, 0.2) is 0 Å². The fraction of sp³-hybridized carbons (Fsp3) is 0.367. The van der Waals surface area contributed by atoms with Crippen LogP contribution in [0, 0.1) is 0 Å². The van der Waals surface area contributed by atoms with Gasteiger partial charge in [-0.05, 0) is 54.3 Å². The Bertz CT molecular complexity index is 1570. The maximum Gasteiger partial charge on any atom is 0.255 e. The number of likely N-dealkylation sites (N-methyl/N-ethyl adjacent to an activating group) is 1. The number of hydroxylamine groups is 1. The van der Waals surface area contributed by atoms with Crippen molar-refractivity contribution in [1.82, 2.24) is 19.7 Å². The highest BCUT2D eigenvalue weighted by Gasteiger charge is 2.50. The number of hydrogen-bond acceptors (Lipinski definition) is 6. The van der Waals surface area contributed by atoms with E-state index in [2.05, 4.69) is 10.5 Å². The molecule has 1 fully saturated rings. The molecule has 222 valence electrons. The standard InChI is InChI=1S/C30H32Cl2N4O5S/c1-35(42(2,39)40)25-12-5-6-13-26(25)36-28(23-15-14-19(31)17-24(23)32)27(21-10-3-4-11-22(21)30(36)38)29(37)34-41-18-20-9-7-8-16-33-20/h3-4,7-11,14-17,25-28H,5-6,12-13,18H2,1-2H3,(H,34,37)/t25?,26-,27+,28-/m0/s1. The third-order valence-electron chi connectivity index (χ3n) is 8.10. The normalized spacial score (nSPS) is 22.6. The second kappa shape index (κ2) is 12.7. The molecule has 12 heteroatoms. The van der Waals surface area contributed by atoms with Crippen molar-refractivity contribution in [2.75, 3.05) is 13.3 Å². The van der Waals surface area contributed by atoms with Gasteiger partial charge in [0, 0.05) is 40.9 Å². The van der Waals surface area contributed by atoms with E-state index in [4.69, 9.17) is 28.0 Å². The number of carbonyl (C=O) groups is 2. The minimum Gasteiger partial charge on any atom is -0.326 e. The Hall–Kier alpha value is -3.02. The number of rotatable bonds is 8. The van der Waals surface area contributed by atoms with Gasteiger partial charge in [0.25, 0.3) is 11.8 Å². The van der Waals surface area contributed by atoms with E-state index in [1.165, 1.54) is 4.31 Å². The van der Waals surface area contributed by atoms with E-state index < -0.39 is 40.0 Å². The first kappa shape index (κ1) is 30.4. The molecule has 2 aromatic carbocycles. The molecular formula is C30H32Cl2N4O5S. The molecule has 2 amide bonds. The monoisotopic (exact) mass is 630 g/mol. The molecule has 0 radical (unpaired) electrons. The molecule has 0 saturated heterocycles. The minimum absolute atomic E-state index is 0.0415. The number of hydrogen-bond donors (Lipinski definition) is 1. The van der Waals surface area contributed by atoms with E-state index >= 15 is 0 Å². The van der Waals surface area contributed by atoms with E-state index in [9.17, 15) is 18.0 Å². The van der Waals surface area contributed by atoms with Crippen molar-refractivity contribution in [2.45, 2.75) is 56.3 Å². The fourth-order valence-corrected chi connectivity index (χ4v) is 7.34. The number of halogens is 2. The summed E-state index contributed by atoms with van der Waals surface area (Å²) in [6.07, 6.45) is 5.55. The van der Waals surface area contributed by atoms with E-state index in [-0.39, 0.29) is 12.5 Å². The number of pyridine rings is 1. The van der Waals surface area contributed by atoms with E-state index in [0.717, 1.165) is 19.1 Å². The van der Waals surface area contributed by atoms with Crippen LogP contribution in [0.1, 0.15) is 64.8 Å². The zero-order valence-electron chi connectivity index (χ0n) is 23.2. The maximum atomic E-state index is 14.4. The molecule has 0 spiro atoms. The lowest BCUT2D eigenvalue weighted by Crippen LogP contribution is -2.59. The predicted octanol–water partition coefficient (Wildman–Crippen LogP) is 5.12. The lowest BCUT2D eigenvalue weighted by atomic mass is 9.76. The summed E-state index contributed by atoms with van der Waals surface area (Å²) in [5, 5.41) is 0.700. The second-order valence-electron chi connectivity index (χ2n) is 10.7.